The summed E-state index contributed by atoms with van der Waals surface area (Å²) in [5.74, 6) is -2.51. The molecule has 2 aliphatic heterocycles. The molecule has 0 amide bonds. The number of fused-ring (bicyclic) bond motifs is 2. The SMILES string of the molecule is C[C@]12CNC[C@](C)(CN(Cc3ccccc3)C1)C2.O=C(O)/C=C/C(=O)O. The number of nitrogens with one attached hydrogen (secondary N) is 1. The zero-order valence-electron chi connectivity index (χ0n) is 15.4. The summed E-state index contributed by atoms with van der Waals surface area (Å²) in [5, 5.41) is 19.2. The molecule has 2 bridgehead atoms. The molecule has 142 valence electrons. The molecule has 3 N–H and O–H groups in total. The number of aliphatic carboxylic acids is 2. The highest BCUT2D eigenvalue weighted by Gasteiger charge is 2.45. The van der Waals surface area contributed by atoms with Crippen LogP contribution in [0.3, 0.4) is 0 Å². The average molecular weight is 360 g/mol. The number of piperidine rings is 2. The summed E-state index contributed by atoms with van der Waals surface area (Å²) in [6, 6.07) is 10.9. The molecule has 6 nitrogen and oxygen atoms in total. The highest BCUT2D eigenvalue weighted by Crippen LogP contribution is 2.42. The molecule has 6 heteroatoms. The largest absolute Gasteiger partial charge is 0.478 e. The van der Waals surface area contributed by atoms with Gasteiger partial charge in [-0.05, 0) is 22.8 Å². The van der Waals surface area contributed by atoms with Gasteiger partial charge in [-0.2, -0.15) is 0 Å². The molecule has 2 fully saturated rings. The Labute approximate surface area is 154 Å². The Kier molecular flexibility index (Phi) is 6.56. The van der Waals surface area contributed by atoms with Gasteiger partial charge in [0.2, 0.25) is 0 Å². The van der Waals surface area contributed by atoms with Crippen LogP contribution in [-0.2, 0) is 16.1 Å². The lowest BCUT2D eigenvalue weighted by Crippen LogP contribution is -2.60. The first-order valence-corrected chi connectivity index (χ1v) is 8.81. The van der Waals surface area contributed by atoms with Crippen LogP contribution in [0.2, 0.25) is 0 Å². The van der Waals surface area contributed by atoms with E-state index in [2.05, 4.69) is 54.4 Å². The van der Waals surface area contributed by atoms with Gasteiger partial charge in [0.1, 0.15) is 0 Å². The van der Waals surface area contributed by atoms with Crippen LogP contribution in [0.15, 0.2) is 42.5 Å². The topological polar surface area (TPSA) is 89.9 Å². The number of likely N-dealkylation sites (tertiary alicyclic amines) is 1. The maximum absolute atomic E-state index is 9.55. The van der Waals surface area contributed by atoms with Gasteiger partial charge >= 0.3 is 11.9 Å². The van der Waals surface area contributed by atoms with Crippen LogP contribution >= 0.6 is 0 Å². The van der Waals surface area contributed by atoms with E-state index in [0.29, 0.717) is 23.0 Å². The van der Waals surface area contributed by atoms with Crippen molar-refractivity contribution in [2.24, 2.45) is 10.8 Å². The maximum atomic E-state index is 9.55. The molecule has 0 unspecified atom stereocenters. The first-order valence-electron chi connectivity index (χ1n) is 8.81. The van der Waals surface area contributed by atoms with Gasteiger partial charge in [0.25, 0.3) is 0 Å². The third-order valence-electron chi connectivity index (χ3n) is 4.79. The number of carboxylic acid groups (broad SMARTS) is 2. The first kappa shape index (κ1) is 20.1. The number of hydrogen-bond acceptors (Lipinski definition) is 4. The van der Waals surface area contributed by atoms with Crippen molar-refractivity contribution in [2.45, 2.75) is 26.8 Å². The van der Waals surface area contributed by atoms with E-state index in [1.54, 1.807) is 0 Å². The Morgan fingerprint density at radius 2 is 1.54 bits per heavy atom. The third-order valence-corrected chi connectivity index (χ3v) is 4.79. The van der Waals surface area contributed by atoms with Crippen molar-refractivity contribution in [3.05, 3.63) is 48.0 Å². The summed E-state index contributed by atoms with van der Waals surface area (Å²) in [4.78, 5) is 21.8. The highest BCUT2D eigenvalue weighted by atomic mass is 16.4. The average Bonchev–Trinajstić information content (AvgIpc) is 2.52. The van der Waals surface area contributed by atoms with Crippen molar-refractivity contribution in [2.75, 3.05) is 26.2 Å². The monoisotopic (exact) mass is 360 g/mol. The summed E-state index contributed by atoms with van der Waals surface area (Å²) in [6.45, 7) is 10.8. The van der Waals surface area contributed by atoms with E-state index in [9.17, 15) is 9.59 Å². The molecule has 2 heterocycles. The fourth-order valence-electron chi connectivity index (χ4n) is 4.28. The summed E-state index contributed by atoms with van der Waals surface area (Å²) < 4.78 is 0. The number of hydrogen-bond donors (Lipinski definition) is 3. The summed E-state index contributed by atoms with van der Waals surface area (Å²) in [6.07, 6.45) is 2.49. The quantitative estimate of drug-likeness (QED) is 0.714. The Bertz CT molecular complexity index is 627. The molecular weight excluding hydrogens is 332 g/mol. The van der Waals surface area contributed by atoms with Crippen LogP contribution in [0.4, 0.5) is 0 Å². The smallest absolute Gasteiger partial charge is 0.328 e. The van der Waals surface area contributed by atoms with Gasteiger partial charge < -0.3 is 15.5 Å². The third kappa shape index (κ3) is 6.28. The molecule has 3 rings (SSSR count). The van der Waals surface area contributed by atoms with E-state index < -0.39 is 11.9 Å². The van der Waals surface area contributed by atoms with Crippen molar-refractivity contribution in [1.29, 1.82) is 0 Å². The molecule has 1 aromatic carbocycles. The van der Waals surface area contributed by atoms with Crippen LogP contribution in [-0.4, -0.2) is 53.2 Å². The molecule has 2 atom stereocenters. The van der Waals surface area contributed by atoms with Gasteiger partial charge in [0, 0.05) is 44.9 Å². The zero-order valence-corrected chi connectivity index (χ0v) is 15.4. The zero-order chi connectivity index (χ0) is 19.2. The standard InChI is InChI=1S/C16H24N2.C4H4O4/c1-15-9-16(2,11-17-10-15)13-18(12-15)8-14-6-4-3-5-7-14;5-3(6)1-2-4(7)8/h3-7,17H,8-13H2,1-2H3;1-2H,(H,5,6)(H,7,8)/b;2-1+/t15-,16+;. The normalized spacial score (nSPS) is 28.2. The molecule has 0 aliphatic carbocycles. The Hall–Kier alpha value is -2.18. The van der Waals surface area contributed by atoms with Gasteiger partial charge in [-0.15, -0.1) is 0 Å². The van der Waals surface area contributed by atoms with Crippen LogP contribution in [0.25, 0.3) is 0 Å². The fourth-order valence-corrected chi connectivity index (χ4v) is 4.28. The molecule has 2 saturated heterocycles. The Balaban J connectivity index is 0.000000260. The van der Waals surface area contributed by atoms with E-state index >= 15 is 0 Å². The molecule has 2 aliphatic rings. The summed E-state index contributed by atoms with van der Waals surface area (Å²) >= 11 is 0. The molecule has 0 radical (unpaired) electrons. The van der Waals surface area contributed by atoms with Crippen LogP contribution in [0.5, 0.6) is 0 Å². The minimum absolute atomic E-state index is 0.458. The number of carbonyl (C=O) groups is 2. The number of rotatable bonds is 4. The molecule has 0 saturated carbocycles. The lowest BCUT2D eigenvalue weighted by Gasteiger charge is -2.54. The van der Waals surface area contributed by atoms with E-state index in [0.717, 1.165) is 6.54 Å². The fraction of sp³-hybridized carbons (Fsp3) is 0.500. The summed E-state index contributed by atoms with van der Waals surface area (Å²) in [5.41, 5.74) is 2.36. The predicted octanol–water partition coefficient (Wildman–Crippen LogP) is 2.22. The second-order valence-corrected chi connectivity index (χ2v) is 8.04. The van der Waals surface area contributed by atoms with Gasteiger partial charge in [0.05, 0.1) is 0 Å². The molecule has 0 spiro atoms. The second kappa shape index (κ2) is 8.47. The lowest BCUT2D eigenvalue weighted by molar-refractivity contribution is -0.134. The van der Waals surface area contributed by atoms with Crippen molar-refractivity contribution < 1.29 is 19.8 Å². The van der Waals surface area contributed by atoms with E-state index in [1.807, 2.05) is 0 Å². The van der Waals surface area contributed by atoms with Crippen LogP contribution in [0.1, 0.15) is 25.8 Å². The molecule has 1 aromatic rings. The minimum atomic E-state index is -1.26. The van der Waals surface area contributed by atoms with E-state index in [1.165, 1.54) is 38.2 Å². The Morgan fingerprint density at radius 3 is 2.00 bits per heavy atom. The predicted molar refractivity (Wildman–Crippen MR) is 99.8 cm³/mol. The van der Waals surface area contributed by atoms with Gasteiger partial charge in [0.15, 0.2) is 0 Å². The highest BCUT2D eigenvalue weighted by molar-refractivity contribution is 5.89. The van der Waals surface area contributed by atoms with Gasteiger partial charge in [-0.3, -0.25) is 4.90 Å². The Morgan fingerprint density at radius 1 is 1.04 bits per heavy atom. The van der Waals surface area contributed by atoms with Crippen molar-refractivity contribution in [3.8, 4) is 0 Å². The number of nitrogens with zero attached hydrogens (tertiary/aromatic N) is 1. The molecular formula is C20H28N2O4. The molecule has 26 heavy (non-hydrogen) atoms. The van der Waals surface area contributed by atoms with Gasteiger partial charge in [-0.25, -0.2) is 9.59 Å². The molecule has 0 aromatic heterocycles. The lowest BCUT2D eigenvalue weighted by atomic mass is 9.66. The first-order chi connectivity index (χ1) is 12.2. The number of carboxylic acids is 2. The van der Waals surface area contributed by atoms with E-state index in [-0.39, 0.29) is 0 Å². The maximum Gasteiger partial charge on any atom is 0.328 e. The van der Waals surface area contributed by atoms with Crippen molar-refractivity contribution >= 4 is 11.9 Å². The number of benzene rings is 1. The van der Waals surface area contributed by atoms with Crippen LogP contribution < -0.4 is 5.32 Å². The van der Waals surface area contributed by atoms with Crippen molar-refractivity contribution in [1.82, 2.24) is 10.2 Å². The van der Waals surface area contributed by atoms with Gasteiger partial charge in [-0.1, -0.05) is 44.2 Å². The second-order valence-electron chi connectivity index (χ2n) is 8.04. The summed E-state index contributed by atoms with van der Waals surface area (Å²) in [7, 11) is 0. The van der Waals surface area contributed by atoms with E-state index in [4.69, 9.17) is 10.2 Å². The van der Waals surface area contributed by atoms with Crippen LogP contribution in [0, 0.1) is 10.8 Å². The minimum Gasteiger partial charge on any atom is -0.478 e. The van der Waals surface area contributed by atoms with Crippen molar-refractivity contribution in [3.63, 3.8) is 0 Å².